The molecule has 0 N–H and O–H groups in total. The Bertz CT molecular complexity index is 783. The highest BCUT2D eigenvalue weighted by molar-refractivity contribution is 6.91. The van der Waals surface area contributed by atoms with Gasteiger partial charge in [0.15, 0.2) is 0 Å². The third-order valence-corrected chi connectivity index (χ3v) is 9.89. The average molecular weight is 396 g/mol. The first-order valence-corrected chi connectivity index (χ1v) is 13.4. The van der Waals surface area contributed by atoms with Crippen molar-refractivity contribution < 1.29 is 9.53 Å². The molecule has 2 aromatic rings. The summed E-state index contributed by atoms with van der Waals surface area (Å²) in [5, 5.41) is 1.39. The number of hydrogen-bond donors (Lipinski definition) is 0. The van der Waals surface area contributed by atoms with Crippen molar-refractivity contribution in [1.82, 2.24) is 4.90 Å². The van der Waals surface area contributed by atoms with Crippen molar-refractivity contribution in [3.8, 4) is 0 Å². The molecule has 4 heteroatoms. The molecule has 0 radical (unpaired) electrons. The fourth-order valence-electron chi connectivity index (χ4n) is 4.28. The van der Waals surface area contributed by atoms with E-state index in [1.54, 1.807) is 0 Å². The molecule has 1 amide bonds. The molecule has 0 aliphatic carbocycles. The predicted molar refractivity (Wildman–Crippen MR) is 119 cm³/mol. The van der Waals surface area contributed by atoms with Gasteiger partial charge in [-0.25, -0.2) is 4.79 Å². The lowest BCUT2D eigenvalue weighted by atomic mass is 9.89. The van der Waals surface area contributed by atoms with Gasteiger partial charge >= 0.3 is 6.09 Å². The van der Waals surface area contributed by atoms with Gasteiger partial charge in [0.2, 0.25) is 0 Å². The summed E-state index contributed by atoms with van der Waals surface area (Å²) in [4.78, 5) is 15.1. The number of ether oxygens (including phenoxy) is 1. The van der Waals surface area contributed by atoms with Crippen molar-refractivity contribution in [2.75, 3.05) is 6.54 Å². The third-order valence-electron chi connectivity index (χ3n) is 5.85. The summed E-state index contributed by atoms with van der Waals surface area (Å²) in [6.45, 7) is 11.3. The van der Waals surface area contributed by atoms with Crippen LogP contribution in [0.2, 0.25) is 13.1 Å². The summed E-state index contributed by atoms with van der Waals surface area (Å²) >= 11 is 0. The van der Waals surface area contributed by atoms with Crippen LogP contribution in [0.15, 0.2) is 60.7 Å². The van der Waals surface area contributed by atoms with Gasteiger partial charge in [-0.2, -0.15) is 0 Å². The number of carbonyl (C=O) groups excluding carboxylic acids is 1. The van der Waals surface area contributed by atoms with E-state index in [1.165, 1.54) is 10.8 Å². The topological polar surface area (TPSA) is 29.5 Å². The van der Waals surface area contributed by atoms with Crippen LogP contribution in [0.1, 0.15) is 45.1 Å². The van der Waals surface area contributed by atoms with Gasteiger partial charge in [0.1, 0.15) is 13.7 Å². The van der Waals surface area contributed by atoms with Gasteiger partial charge in [-0.1, -0.05) is 78.9 Å². The van der Waals surface area contributed by atoms with Gasteiger partial charge in [-0.3, -0.25) is 0 Å². The smallest absolute Gasteiger partial charge is 0.410 e. The Kier molecular flexibility index (Phi) is 5.99. The zero-order valence-corrected chi connectivity index (χ0v) is 18.8. The molecule has 3 rings (SSSR count). The van der Waals surface area contributed by atoms with Crippen LogP contribution >= 0.6 is 0 Å². The number of benzene rings is 2. The molecule has 0 unspecified atom stereocenters. The Balaban J connectivity index is 1.93. The lowest BCUT2D eigenvalue weighted by Crippen LogP contribution is -2.64. The SMILES string of the molecule is CC(C)(C)OC(=O)N1CC[C@@H](c2ccccc2)C[C@H]1[Si](C)(C)c1ccccc1. The number of rotatable bonds is 3. The molecule has 1 fully saturated rings. The molecule has 0 spiro atoms. The molecule has 1 aliphatic heterocycles. The van der Waals surface area contributed by atoms with E-state index in [2.05, 4.69) is 73.8 Å². The number of carbonyl (C=O) groups is 1. The average Bonchev–Trinajstić information content (AvgIpc) is 2.67. The largest absolute Gasteiger partial charge is 0.444 e. The summed E-state index contributed by atoms with van der Waals surface area (Å²) in [6.07, 6.45) is 1.82. The van der Waals surface area contributed by atoms with Crippen LogP contribution in [-0.2, 0) is 4.74 Å². The first kappa shape index (κ1) is 20.7. The Morgan fingerprint density at radius 3 is 2.14 bits per heavy atom. The van der Waals surface area contributed by atoms with E-state index in [0.29, 0.717) is 5.92 Å². The maximum absolute atomic E-state index is 13.1. The van der Waals surface area contributed by atoms with Gasteiger partial charge in [-0.15, -0.1) is 0 Å². The van der Waals surface area contributed by atoms with Crippen molar-refractivity contribution in [1.29, 1.82) is 0 Å². The Morgan fingerprint density at radius 2 is 1.57 bits per heavy atom. The summed E-state index contributed by atoms with van der Waals surface area (Å²) in [7, 11) is -1.93. The fraction of sp³-hybridized carbons (Fsp3) is 0.458. The molecule has 0 saturated carbocycles. The molecule has 1 aliphatic rings. The van der Waals surface area contributed by atoms with Crippen LogP contribution in [0.3, 0.4) is 0 Å². The number of hydrogen-bond acceptors (Lipinski definition) is 2. The second-order valence-electron chi connectivity index (χ2n) is 9.41. The highest BCUT2D eigenvalue weighted by Gasteiger charge is 2.44. The fourth-order valence-corrected chi connectivity index (χ4v) is 7.60. The molecule has 2 aromatic carbocycles. The van der Waals surface area contributed by atoms with Gasteiger partial charge < -0.3 is 9.64 Å². The second kappa shape index (κ2) is 8.12. The van der Waals surface area contributed by atoms with Gasteiger partial charge in [-0.05, 0) is 45.1 Å². The van der Waals surface area contributed by atoms with E-state index in [9.17, 15) is 4.79 Å². The molecule has 0 bridgehead atoms. The van der Waals surface area contributed by atoms with E-state index < -0.39 is 13.7 Å². The third kappa shape index (κ3) is 4.66. The molecule has 3 nitrogen and oxygen atoms in total. The summed E-state index contributed by atoms with van der Waals surface area (Å²) < 4.78 is 5.79. The lowest BCUT2D eigenvalue weighted by molar-refractivity contribution is 0.0156. The van der Waals surface area contributed by atoms with Crippen LogP contribution in [0.5, 0.6) is 0 Å². The minimum absolute atomic E-state index is 0.166. The molecule has 0 aromatic heterocycles. The van der Waals surface area contributed by atoms with Crippen molar-refractivity contribution in [3.05, 3.63) is 66.2 Å². The van der Waals surface area contributed by atoms with E-state index in [1.807, 2.05) is 25.7 Å². The molecule has 1 saturated heterocycles. The lowest BCUT2D eigenvalue weighted by Gasteiger charge is -2.46. The number of nitrogens with zero attached hydrogens (tertiary/aromatic N) is 1. The Hall–Kier alpha value is -2.07. The standard InChI is InChI=1S/C24H33NO2Si/c1-24(2,3)27-23(26)25-17-16-20(19-12-8-6-9-13-19)18-22(25)28(4,5)21-14-10-7-11-15-21/h6-15,20,22H,16-18H2,1-5H3/t20-,22-/m1/s1. The highest BCUT2D eigenvalue weighted by atomic mass is 28.3. The van der Waals surface area contributed by atoms with E-state index >= 15 is 0 Å². The molecular formula is C24H33NO2Si. The van der Waals surface area contributed by atoms with E-state index in [4.69, 9.17) is 4.74 Å². The Labute approximate surface area is 170 Å². The minimum atomic E-state index is -1.93. The molecule has 1 heterocycles. The van der Waals surface area contributed by atoms with E-state index in [0.717, 1.165) is 19.4 Å². The van der Waals surface area contributed by atoms with Crippen LogP contribution in [0, 0.1) is 0 Å². The summed E-state index contributed by atoms with van der Waals surface area (Å²) in [5.41, 5.74) is 1.12. The zero-order chi connectivity index (χ0) is 20.4. The normalized spacial score (nSPS) is 20.7. The monoisotopic (exact) mass is 395 g/mol. The second-order valence-corrected chi connectivity index (χ2v) is 14.1. The van der Waals surface area contributed by atoms with Crippen molar-refractivity contribution in [2.24, 2.45) is 0 Å². The van der Waals surface area contributed by atoms with Crippen molar-refractivity contribution in [2.45, 2.75) is 63.9 Å². The van der Waals surface area contributed by atoms with Crippen molar-refractivity contribution in [3.63, 3.8) is 0 Å². The minimum Gasteiger partial charge on any atom is -0.444 e. The summed E-state index contributed by atoms with van der Waals surface area (Å²) in [6, 6.07) is 21.5. The van der Waals surface area contributed by atoms with Gasteiger partial charge in [0.05, 0.1) is 0 Å². The number of likely N-dealkylation sites (tertiary alicyclic amines) is 1. The predicted octanol–water partition coefficient (Wildman–Crippen LogP) is 5.32. The quantitative estimate of drug-likeness (QED) is 0.658. The maximum Gasteiger partial charge on any atom is 0.410 e. The van der Waals surface area contributed by atoms with Crippen LogP contribution < -0.4 is 5.19 Å². The van der Waals surface area contributed by atoms with Crippen molar-refractivity contribution >= 4 is 19.4 Å². The molecular weight excluding hydrogens is 362 g/mol. The Morgan fingerprint density at radius 1 is 1.00 bits per heavy atom. The molecule has 150 valence electrons. The zero-order valence-electron chi connectivity index (χ0n) is 17.8. The molecule has 28 heavy (non-hydrogen) atoms. The van der Waals surface area contributed by atoms with E-state index in [-0.39, 0.29) is 11.8 Å². The van der Waals surface area contributed by atoms with Gasteiger partial charge in [0, 0.05) is 12.2 Å². The van der Waals surface area contributed by atoms with Crippen LogP contribution in [-0.4, -0.2) is 36.9 Å². The number of amides is 1. The first-order chi connectivity index (χ1) is 13.2. The van der Waals surface area contributed by atoms with Crippen LogP contribution in [0.4, 0.5) is 4.79 Å². The van der Waals surface area contributed by atoms with Gasteiger partial charge in [0.25, 0.3) is 0 Å². The maximum atomic E-state index is 13.1. The summed E-state index contributed by atoms with van der Waals surface area (Å²) in [5.74, 6) is 0.486. The van der Waals surface area contributed by atoms with Crippen LogP contribution in [0.25, 0.3) is 0 Å². The first-order valence-electron chi connectivity index (χ1n) is 10.3. The highest BCUT2D eigenvalue weighted by Crippen LogP contribution is 2.36. The molecule has 2 atom stereocenters. The number of piperidine rings is 1.